The molecule has 0 aromatic carbocycles. The van der Waals surface area contributed by atoms with Gasteiger partial charge in [-0.15, -0.1) is 0 Å². The summed E-state index contributed by atoms with van der Waals surface area (Å²) in [6.07, 6.45) is 0.614. The summed E-state index contributed by atoms with van der Waals surface area (Å²) in [6.45, 7) is 5.17. The molecular formula is C11H23NO4. The smallest absolute Gasteiger partial charge is 0.309 e. The molecular weight excluding hydrogens is 210 g/mol. The minimum atomic E-state index is -0.199. The van der Waals surface area contributed by atoms with Gasteiger partial charge in [-0.1, -0.05) is 6.92 Å². The van der Waals surface area contributed by atoms with E-state index in [0.29, 0.717) is 26.2 Å². The first-order valence-electron chi connectivity index (χ1n) is 5.65. The number of esters is 1. The first-order chi connectivity index (χ1) is 7.65. The summed E-state index contributed by atoms with van der Waals surface area (Å²) in [7, 11) is 1.61. The minimum absolute atomic E-state index is 0.0758. The van der Waals surface area contributed by atoms with Crippen molar-refractivity contribution in [3.05, 3.63) is 0 Å². The number of methoxy groups -OCH3 is 1. The summed E-state index contributed by atoms with van der Waals surface area (Å²) in [4.78, 5) is 11.3. The van der Waals surface area contributed by atoms with Crippen molar-refractivity contribution >= 4 is 5.97 Å². The molecule has 0 radical (unpaired) electrons. The van der Waals surface area contributed by atoms with E-state index in [1.807, 2.05) is 6.92 Å². The van der Waals surface area contributed by atoms with Crippen molar-refractivity contribution in [3.63, 3.8) is 0 Å². The zero-order valence-corrected chi connectivity index (χ0v) is 10.4. The normalized spacial score (nSPS) is 14.5. The highest BCUT2D eigenvalue weighted by atomic mass is 16.5. The third-order valence-corrected chi connectivity index (χ3v) is 2.25. The molecule has 0 aliphatic rings. The molecule has 0 heterocycles. The minimum Gasteiger partial charge on any atom is -0.466 e. The summed E-state index contributed by atoms with van der Waals surface area (Å²) in [5.74, 6) is -0.381. The van der Waals surface area contributed by atoms with Crippen LogP contribution in [0.1, 0.15) is 20.3 Å². The Kier molecular flexibility index (Phi) is 9.18. The van der Waals surface area contributed by atoms with E-state index >= 15 is 0 Å². The third kappa shape index (κ3) is 6.76. The van der Waals surface area contributed by atoms with Gasteiger partial charge < -0.3 is 19.9 Å². The number of aliphatic hydroxyl groups is 1. The Morgan fingerprint density at radius 3 is 2.69 bits per heavy atom. The van der Waals surface area contributed by atoms with Crippen molar-refractivity contribution in [2.45, 2.75) is 26.3 Å². The second-order valence-corrected chi connectivity index (χ2v) is 3.73. The molecule has 0 aromatic heterocycles. The Bertz CT molecular complexity index is 181. The lowest BCUT2D eigenvalue weighted by Crippen LogP contribution is -2.38. The van der Waals surface area contributed by atoms with Crippen LogP contribution in [0, 0.1) is 5.92 Å². The molecule has 16 heavy (non-hydrogen) atoms. The van der Waals surface area contributed by atoms with Crippen molar-refractivity contribution in [1.29, 1.82) is 0 Å². The van der Waals surface area contributed by atoms with E-state index in [-0.39, 0.29) is 24.5 Å². The van der Waals surface area contributed by atoms with Gasteiger partial charge in [0.1, 0.15) is 0 Å². The number of hydrogen-bond donors (Lipinski definition) is 2. The average Bonchev–Trinajstić information content (AvgIpc) is 2.26. The van der Waals surface area contributed by atoms with Crippen LogP contribution in [0.4, 0.5) is 0 Å². The van der Waals surface area contributed by atoms with E-state index in [2.05, 4.69) is 5.32 Å². The largest absolute Gasteiger partial charge is 0.466 e. The first-order valence-corrected chi connectivity index (χ1v) is 5.65. The highest BCUT2D eigenvalue weighted by Gasteiger charge is 2.15. The lowest BCUT2D eigenvalue weighted by Gasteiger charge is -2.19. The Morgan fingerprint density at radius 1 is 1.50 bits per heavy atom. The molecule has 0 spiro atoms. The predicted molar refractivity (Wildman–Crippen MR) is 61.2 cm³/mol. The fourth-order valence-electron chi connectivity index (χ4n) is 1.31. The van der Waals surface area contributed by atoms with E-state index in [1.165, 1.54) is 0 Å². The molecule has 2 N–H and O–H groups in total. The number of hydrogen-bond acceptors (Lipinski definition) is 5. The number of ether oxygens (including phenoxy) is 2. The second kappa shape index (κ2) is 9.57. The van der Waals surface area contributed by atoms with Crippen LogP contribution in [0.5, 0.6) is 0 Å². The van der Waals surface area contributed by atoms with Crippen LogP contribution in [0.3, 0.4) is 0 Å². The lowest BCUT2D eigenvalue weighted by atomic mass is 10.1. The topological polar surface area (TPSA) is 67.8 Å². The second-order valence-electron chi connectivity index (χ2n) is 3.73. The van der Waals surface area contributed by atoms with Gasteiger partial charge in [0.2, 0.25) is 0 Å². The molecule has 96 valence electrons. The van der Waals surface area contributed by atoms with Gasteiger partial charge in [0, 0.05) is 26.3 Å². The van der Waals surface area contributed by atoms with Crippen molar-refractivity contribution < 1.29 is 19.4 Å². The van der Waals surface area contributed by atoms with Gasteiger partial charge in [-0.05, 0) is 13.3 Å². The molecule has 0 fully saturated rings. The fourth-order valence-corrected chi connectivity index (χ4v) is 1.31. The quantitative estimate of drug-likeness (QED) is 0.556. The number of carbonyl (C=O) groups is 1. The van der Waals surface area contributed by atoms with Gasteiger partial charge in [-0.3, -0.25) is 4.79 Å². The molecule has 0 amide bonds. The predicted octanol–water partition coefficient (Wildman–Crippen LogP) is 0.173. The Balaban J connectivity index is 3.84. The molecule has 2 unspecified atom stereocenters. The maximum atomic E-state index is 11.3. The summed E-state index contributed by atoms with van der Waals surface area (Å²) < 4.78 is 9.90. The Labute approximate surface area is 97.1 Å². The average molecular weight is 233 g/mol. The summed E-state index contributed by atoms with van der Waals surface area (Å²) >= 11 is 0. The summed E-state index contributed by atoms with van der Waals surface area (Å²) in [6, 6.07) is 0.0758. The SMILES string of the molecule is CCOC(=O)C(C)CNC(CCO)COC. The third-order valence-electron chi connectivity index (χ3n) is 2.25. The molecule has 2 atom stereocenters. The Hall–Kier alpha value is -0.650. The highest BCUT2D eigenvalue weighted by molar-refractivity contribution is 5.72. The van der Waals surface area contributed by atoms with E-state index < -0.39 is 0 Å². The molecule has 5 nitrogen and oxygen atoms in total. The van der Waals surface area contributed by atoms with Gasteiger partial charge in [-0.25, -0.2) is 0 Å². The zero-order valence-electron chi connectivity index (χ0n) is 10.4. The number of rotatable bonds is 9. The summed E-state index contributed by atoms with van der Waals surface area (Å²) in [5.41, 5.74) is 0. The molecule has 5 heteroatoms. The van der Waals surface area contributed by atoms with Crippen LogP contribution in [0.25, 0.3) is 0 Å². The van der Waals surface area contributed by atoms with Gasteiger partial charge in [0.15, 0.2) is 0 Å². The van der Waals surface area contributed by atoms with Crippen LogP contribution >= 0.6 is 0 Å². The molecule has 0 aliphatic heterocycles. The van der Waals surface area contributed by atoms with Gasteiger partial charge in [0.25, 0.3) is 0 Å². The van der Waals surface area contributed by atoms with Crippen molar-refractivity contribution in [2.24, 2.45) is 5.92 Å². The van der Waals surface area contributed by atoms with Crippen LogP contribution in [-0.4, -0.2) is 50.6 Å². The molecule has 0 rings (SSSR count). The first kappa shape index (κ1) is 15.3. The van der Waals surface area contributed by atoms with E-state index in [9.17, 15) is 4.79 Å². The zero-order chi connectivity index (χ0) is 12.4. The van der Waals surface area contributed by atoms with Gasteiger partial charge in [0.05, 0.1) is 19.1 Å². The molecule has 0 bridgehead atoms. The van der Waals surface area contributed by atoms with Gasteiger partial charge >= 0.3 is 5.97 Å². The molecule has 0 saturated carbocycles. The molecule has 0 aromatic rings. The van der Waals surface area contributed by atoms with Gasteiger partial charge in [-0.2, -0.15) is 0 Å². The highest BCUT2D eigenvalue weighted by Crippen LogP contribution is 1.99. The van der Waals surface area contributed by atoms with E-state index in [0.717, 1.165) is 0 Å². The maximum Gasteiger partial charge on any atom is 0.309 e. The van der Waals surface area contributed by atoms with Crippen LogP contribution in [-0.2, 0) is 14.3 Å². The number of aliphatic hydroxyl groups excluding tert-OH is 1. The van der Waals surface area contributed by atoms with Crippen molar-refractivity contribution in [3.8, 4) is 0 Å². The maximum absolute atomic E-state index is 11.3. The van der Waals surface area contributed by atoms with E-state index in [1.54, 1.807) is 14.0 Å². The molecule has 0 saturated heterocycles. The number of nitrogens with one attached hydrogen (secondary N) is 1. The Morgan fingerprint density at radius 2 is 2.19 bits per heavy atom. The monoisotopic (exact) mass is 233 g/mol. The van der Waals surface area contributed by atoms with Crippen molar-refractivity contribution in [2.75, 3.05) is 33.5 Å². The number of carbonyl (C=O) groups excluding carboxylic acids is 1. The fraction of sp³-hybridized carbons (Fsp3) is 0.909. The molecule has 0 aliphatic carbocycles. The van der Waals surface area contributed by atoms with Crippen LogP contribution < -0.4 is 5.32 Å². The van der Waals surface area contributed by atoms with Crippen LogP contribution in [0.2, 0.25) is 0 Å². The van der Waals surface area contributed by atoms with E-state index in [4.69, 9.17) is 14.6 Å². The summed E-state index contributed by atoms with van der Waals surface area (Å²) in [5, 5.41) is 12.0. The standard InChI is InChI=1S/C11H23NO4/c1-4-16-11(14)9(2)7-12-10(5-6-13)8-15-3/h9-10,12-13H,4-8H2,1-3H3. The lowest BCUT2D eigenvalue weighted by molar-refractivity contribution is -0.147. The van der Waals surface area contributed by atoms with Crippen molar-refractivity contribution in [1.82, 2.24) is 5.32 Å². The van der Waals surface area contributed by atoms with Crippen LogP contribution in [0.15, 0.2) is 0 Å².